The van der Waals surface area contributed by atoms with Crippen LogP contribution in [-0.2, 0) is 23.0 Å². The molecule has 28 heavy (non-hydrogen) atoms. The molecule has 2 aliphatic carbocycles. The Bertz CT molecular complexity index is 935. The van der Waals surface area contributed by atoms with Gasteiger partial charge >= 0.3 is 5.97 Å². The summed E-state index contributed by atoms with van der Waals surface area (Å²) in [5.74, 6) is -0.654. The molecule has 1 amide bonds. The quantitative estimate of drug-likeness (QED) is 0.714. The summed E-state index contributed by atoms with van der Waals surface area (Å²) in [5, 5.41) is 3.16. The molecular weight excluding hydrogens is 374 g/mol. The number of anilines is 1. The number of carbonyl (C=O) groups excluding carboxylic acids is 2. The first-order valence-electron chi connectivity index (χ1n) is 9.77. The van der Waals surface area contributed by atoms with Crippen LogP contribution in [0.4, 0.5) is 5.69 Å². The van der Waals surface area contributed by atoms with Crippen molar-refractivity contribution in [2.45, 2.75) is 50.9 Å². The van der Waals surface area contributed by atoms with E-state index in [2.05, 4.69) is 24.4 Å². The number of hydrogen-bond acceptors (Lipinski definition) is 3. The lowest BCUT2D eigenvalue weighted by atomic mass is 9.63. The second-order valence-electron chi connectivity index (χ2n) is 8.08. The molecule has 0 heterocycles. The van der Waals surface area contributed by atoms with E-state index in [9.17, 15) is 9.59 Å². The molecule has 0 aliphatic heterocycles. The SMILES string of the molecule is COC(=O)c1ccc(NC(=O)c2cc3c4c(c2)CCCC4(C)CCC3)cc1Cl. The predicted octanol–water partition coefficient (Wildman–Crippen LogP) is 5.31. The average Bonchev–Trinajstić information content (AvgIpc) is 2.67. The monoisotopic (exact) mass is 397 g/mol. The fourth-order valence-corrected chi connectivity index (χ4v) is 5.11. The number of nitrogens with one attached hydrogen (secondary N) is 1. The van der Waals surface area contributed by atoms with E-state index in [1.165, 1.54) is 49.5 Å². The Morgan fingerprint density at radius 2 is 1.71 bits per heavy atom. The summed E-state index contributed by atoms with van der Waals surface area (Å²) in [6.07, 6.45) is 6.92. The van der Waals surface area contributed by atoms with Gasteiger partial charge in [-0.25, -0.2) is 4.79 Å². The number of esters is 1. The fourth-order valence-electron chi connectivity index (χ4n) is 4.85. The average molecular weight is 398 g/mol. The van der Waals surface area contributed by atoms with E-state index in [0.29, 0.717) is 11.3 Å². The minimum absolute atomic E-state index is 0.154. The highest BCUT2D eigenvalue weighted by Crippen LogP contribution is 2.46. The van der Waals surface area contributed by atoms with Gasteiger partial charge in [-0.1, -0.05) is 18.5 Å². The lowest BCUT2D eigenvalue weighted by Gasteiger charge is -2.41. The number of ether oxygens (including phenoxy) is 1. The second-order valence-corrected chi connectivity index (χ2v) is 8.48. The van der Waals surface area contributed by atoms with Gasteiger partial charge < -0.3 is 10.1 Å². The predicted molar refractivity (Wildman–Crippen MR) is 110 cm³/mol. The van der Waals surface area contributed by atoms with E-state index in [1.807, 2.05) is 0 Å². The molecule has 0 aromatic heterocycles. The maximum atomic E-state index is 12.9. The molecule has 0 spiro atoms. The minimum atomic E-state index is -0.500. The molecule has 2 aromatic carbocycles. The highest BCUT2D eigenvalue weighted by molar-refractivity contribution is 6.34. The Labute approximate surface area is 170 Å². The Kier molecular flexibility index (Phi) is 4.92. The summed E-state index contributed by atoms with van der Waals surface area (Å²) in [6, 6.07) is 8.91. The molecule has 0 saturated carbocycles. The van der Waals surface area contributed by atoms with Crippen LogP contribution >= 0.6 is 11.6 Å². The number of amides is 1. The largest absolute Gasteiger partial charge is 0.465 e. The third kappa shape index (κ3) is 3.30. The highest BCUT2D eigenvalue weighted by Gasteiger charge is 2.36. The van der Waals surface area contributed by atoms with Gasteiger partial charge in [-0.15, -0.1) is 0 Å². The number of methoxy groups -OCH3 is 1. The third-order valence-corrected chi connectivity index (χ3v) is 6.46. The molecule has 146 valence electrons. The van der Waals surface area contributed by atoms with Crippen molar-refractivity contribution in [3.8, 4) is 0 Å². The van der Waals surface area contributed by atoms with Crippen molar-refractivity contribution in [2.75, 3.05) is 12.4 Å². The number of aryl methyl sites for hydroxylation is 2. The van der Waals surface area contributed by atoms with Gasteiger partial charge in [0.25, 0.3) is 5.91 Å². The summed E-state index contributed by atoms with van der Waals surface area (Å²) in [6.45, 7) is 2.37. The Hall–Kier alpha value is -2.33. The Morgan fingerprint density at radius 3 is 2.29 bits per heavy atom. The van der Waals surface area contributed by atoms with Crippen molar-refractivity contribution in [2.24, 2.45) is 0 Å². The van der Waals surface area contributed by atoms with Crippen molar-refractivity contribution >= 4 is 29.2 Å². The van der Waals surface area contributed by atoms with Crippen LogP contribution in [0.15, 0.2) is 30.3 Å². The summed E-state index contributed by atoms with van der Waals surface area (Å²) < 4.78 is 4.70. The molecule has 2 aliphatic rings. The number of rotatable bonds is 3. The van der Waals surface area contributed by atoms with Gasteiger partial charge in [-0.3, -0.25) is 4.79 Å². The molecule has 0 radical (unpaired) electrons. The van der Waals surface area contributed by atoms with Crippen LogP contribution in [0.5, 0.6) is 0 Å². The van der Waals surface area contributed by atoms with Gasteiger partial charge in [0.1, 0.15) is 0 Å². The molecule has 0 unspecified atom stereocenters. The van der Waals surface area contributed by atoms with E-state index in [4.69, 9.17) is 16.3 Å². The van der Waals surface area contributed by atoms with Crippen LogP contribution in [0.1, 0.15) is 70.0 Å². The maximum absolute atomic E-state index is 12.9. The second kappa shape index (κ2) is 7.25. The van der Waals surface area contributed by atoms with Gasteiger partial charge in [0.2, 0.25) is 0 Å². The number of benzene rings is 2. The van der Waals surface area contributed by atoms with Crippen LogP contribution in [0.2, 0.25) is 5.02 Å². The van der Waals surface area contributed by atoms with Gasteiger partial charge in [-0.2, -0.15) is 0 Å². The van der Waals surface area contributed by atoms with Crippen LogP contribution in [0, 0.1) is 0 Å². The lowest BCUT2D eigenvalue weighted by molar-refractivity contribution is 0.0601. The zero-order valence-corrected chi connectivity index (χ0v) is 17.0. The Balaban J connectivity index is 1.61. The first kappa shape index (κ1) is 19.0. The maximum Gasteiger partial charge on any atom is 0.339 e. The van der Waals surface area contributed by atoms with E-state index < -0.39 is 5.97 Å². The van der Waals surface area contributed by atoms with Crippen LogP contribution in [-0.4, -0.2) is 19.0 Å². The smallest absolute Gasteiger partial charge is 0.339 e. The van der Waals surface area contributed by atoms with Crippen molar-refractivity contribution in [3.05, 3.63) is 63.2 Å². The molecule has 5 heteroatoms. The molecule has 2 aromatic rings. The van der Waals surface area contributed by atoms with Gasteiger partial charge in [-0.05, 0) is 91.0 Å². The van der Waals surface area contributed by atoms with E-state index >= 15 is 0 Å². The summed E-state index contributed by atoms with van der Waals surface area (Å²) >= 11 is 6.16. The molecule has 4 rings (SSSR count). The summed E-state index contributed by atoms with van der Waals surface area (Å²) in [5.41, 5.74) is 5.94. The Morgan fingerprint density at radius 1 is 1.07 bits per heavy atom. The molecule has 0 bridgehead atoms. The number of carbonyl (C=O) groups is 2. The lowest BCUT2D eigenvalue weighted by Crippen LogP contribution is -2.33. The molecule has 0 atom stereocenters. The van der Waals surface area contributed by atoms with Gasteiger partial charge in [0, 0.05) is 11.3 Å². The van der Waals surface area contributed by atoms with E-state index in [-0.39, 0.29) is 21.9 Å². The van der Waals surface area contributed by atoms with Crippen molar-refractivity contribution < 1.29 is 14.3 Å². The molecule has 1 N–H and O–H groups in total. The summed E-state index contributed by atoms with van der Waals surface area (Å²) in [7, 11) is 1.31. The van der Waals surface area contributed by atoms with Crippen LogP contribution < -0.4 is 5.32 Å². The standard InChI is InChI=1S/C23H24ClNO3/c1-23-9-3-5-14-11-16(12-15(20(14)23)6-4-10-23)21(26)25-17-7-8-18(19(24)13-17)22(27)28-2/h7-8,11-13H,3-6,9-10H2,1-2H3,(H,25,26). The minimum Gasteiger partial charge on any atom is -0.465 e. The van der Waals surface area contributed by atoms with E-state index in [0.717, 1.165) is 12.8 Å². The normalized spacial score (nSPS) is 16.8. The topological polar surface area (TPSA) is 55.4 Å². The summed E-state index contributed by atoms with van der Waals surface area (Å²) in [4.78, 5) is 24.5. The van der Waals surface area contributed by atoms with Crippen molar-refractivity contribution in [3.63, 3.8) is 0 Å². The van der Waals surface area contributed by atoms with Crippen molar-refractivity contribution in [1.82, 2.24) is 0 Å². The first-order chi connectivity index (χ1) is 13.4. The molecule has 4 nitrogen and oxygen atoms in total. The van der Waals surface area contributed by atoms with Gasteiger partial charge in [0.05, 0.1) is 17.7 Å². The van der Waals surface area contributed by atoms with E-state index in [1.54, 1.807) is 18.2 Å². The number of halogens is 1. The van der Waals surface area contributed by atoms with Crippen LogP contribution in [0.3, 0.4) is 0 Å². The van der Waals surface area contributed by atoms with Gasteiger partial charge in [0.15, 0.2) is 0 Å². The third-order valence-electron chi connectivity index (χ3n) is 6.15. The zero-order valence-electron chi connectivity index (χ0n) is 16.2. The number of hydrogen-bond donors (Lipinski definition) is 1. The zero-order chi connectivity index (χ0) is 19.9. The van der Waals surface area contributed by atoms with Crippen molar-refractivity contribution in [1.29, 1.82) is 0 Å². The molecule has 0 saturated heterocycles. The highest BCUT2D eigenvalue weighted by atomic mass is 35.5. The molecular formula is C23H24ClNO3. The molecule has 0 fully saturated rings. The fraction of sp³-hybridized carbons (Fsp3) is 0.391. The first-order valence-corrected chi connectivity index (χ1v) is 10.1. The van der Waals surface area contributed by atoms with Crippen LogP contribution in [0.25, 0.3) is 0 Å².